The van der Waals surface area contributed by atoms with E-state index in [-0.39, 0.29) is 0 Å². The van der Waals surface area contributed by atoms with Gasteiger partial charge in [0.2, 0.25) is 0 Å². The lowest BCUT2D eigenvalue weighted by atomic mass is 10.2. The second-order valence-corrected chi connectivity index (χ2v) is 5.45. The molecule has 19 heavy (non-hydrogen) atoms. The van der Waals surface area contributed by atoms with E-state index in [4.69, 9.17) is 34.7 Å². The second kappa shape index (κ2) is 8.20. The van der Waals surface area contributed by atoms with Crippen molar-refractivity contribution >= 4 is 46.3 Å². The van der Waals surface area contributed by atoms with Crippen molar-refractivity contribution in [3.63, 3.8) is 0 Å². The standard InChI is InChI=1S/C8H10ClNS.C6H6ClN/c1-11-5-6-3-2-4-7(9)8(6)10;7-5-3-1-2-4-6(5)8/h2-4H,5,10H2,1H3;1-4H,8H2. The molecule has 0 unspecified atom stereocenters. The predicted octanol–water partition coefficient (Wildman–Crippen LogP) is 4.71. The van der Waals surface area contributed by atoms with Crippen LogP contribution in [0.1, 0.15) is 5.56 Å². The van der Waals surface area contributed by atoms with E-state index >= 15 is 0 Å². The van der Waals surface area contributed by atoms with Gasteiger partial charge in [0.1, 0.15) is 0 Å². The molecule has 2 nitrogen and oxygen atoms in total. The molecule has 0 saturated carbocycles. The van der Waals surface area contributed by atoms with Gasteiger partial charge in [-0.1, -0.05) is 47.5 Å². The monoisotopic (exact) mass is 314 g/mol. The van der Waals surface area contributed by atoms with Crippen LogP contribution in [-0.2, 0) is 5.75 Å². The van der Waals surface area contributed by atoms with Gasteiger partial charge in [0, 0.05) is 5.75 Å². The average molecular weight is 315 g/mol. The third-order valence-corrected chi connectivity index (χ3v) is 3.62. The quantitative estimate of drug-likeness (QED) is 0.789. The number of nitrogens with two attached hydrogens (primary N) is 2. The molecule has 0 aromatic heterocycles. The van der Waals surface area contributed by atoms with Crippen molar-refractivity contribution in [2.45, 2.75) is 5.75 Å². The van der Waals surface area contributed by atoms with Gasteiger partial charge in [-0.3, -0.25) is 0 Å². The fraction of sp³-hybridized carbons (Fsp3) is 0.143. The molecule has 0 saturated heterocycles. The number of benzene rings is 2. The molecular weight excluding hydrogens is 299 g/mol. The van der Waals surface area contributed by atoms with E-state index in [0.717, 1.165) is 11.3 Å². The Morgan fingerprint density at radius 3 is 2.11 bits per heavy atom. The van der Waals surface area contributed by atoms with Crippen LogP contribution in [0.3, 0.4) is 0 Å². The Labute approximate surface area is 128 Å². The fourth-order valence-electron chi connectivity index (χ4n) is 1.34. The minimum absolute atomic E-state index is 0.618. The van der Waals surface area contributed by atoms with Gasteiger partial charge in [-0.15, -0.1) is 0 Å². The van der Waals surface area contributed by atoms with E-state index in [9.17, 15) is 0 Å². The molecule has 0 heterocycles. The van der Waals surface area contributed by atoms with E-state index in [2.05, 4.69) is 0 Å². The number of hydrogen-bond acceptors (Lipinski definition) is 3. The second-order valence-electron chi connectivity index (χ2n) is 3.77. The normalized spacial score (nSPS) is 9.63. The van der Waals surface area contributed by atoms with E-state index < -0.39 is 0 Å². The Hall–Kier alpha value is -1.03. The van der Waals surface area contributed by atoms with Crippen LogP contribution in [0.15, 0.2) is 42.5 Å². The van der Waals surface area contributed by atoms with Crippen LogP contribution in [-0.4, -0.2) is 6.26 Å². The highest BCUT2D eigenvalue weighted by molar-refractivity contribution is 7.97. The number of nitrogen functional groups attached to an aromatic ring is 2. The Kier molecular flexibility index (Phi) is 6.92. The van der Waals surface area contributed by atoms with Crippen molar-refractivity contribution in [3.8, 4) is 0 Å². The van der Waals surface area contributed by atoms with Crippen LogP contribution in [0.5, 0.6) is 0 Å². The maximum absolute atomic E-state index is 5.82. The summed E-state index contributed by atoms with van der Waals surface area (Å²) >= 11 is 13.1. The molecule has 2 rings (SSSR count). The van der Waals surface area contributed by atoms with Crippen molar-refractivity contribution in [1.29, 1.82) is 0 Å². The van der Waals surface area contributed by atoms with Gasteiger partial charge in [0.25, 0.3) is 0 Å². The van der Waals surface area contributed by atoms with Gasteiger partial charge in [0.05, 0.1) is 21.4 Å². The molecule has 0 bridgehead atoms. The number of anilines is 2. The zero-order valence-corrected chi connectivity index (χ0v) is 12.9. The lowest BCUT2D eigenvalue weighted by Crippen LogP contribution is -1.92. The molecule has 0 aliphatic carbocycles. The number of rotatable bonds is 2. The molecule has 4 N–H and O–H groups in total. The van der Waals surface area contributed by atoms with Crippen molar-refractivity contribution in [1.82, 2.24) is 0 Å². The molecule has 0 radical (unpaired) electrons. The molecule has 2 aromatic rings. The number of halogens is 2. The zero-order valence-electron chi connectivity index (χ0n) is 10.6. The van der Waals surface area contributed by atoms with Crippen LogP contribution >= 0.6 is 35.0 Å². The average Bonchev–Trinajstić information content (AvgIpc) is 2.40. The summed E-state index contributed by atoms with van der Waals surface area (Å²) in [5.74, 6) is 0.923. The van der Waals surface area contributed by atoms with Gasteiger partial charge < -0.3 is 11.5 Å². The van der Waals surface area contributed by atoms with Crippen LogP contribution in [0.25, 0.3) is 0 Å². The minimum Gasteiger partial charge on any atom is -0.398 e. The van der Waals surface area contributed by atoms with Gasteiger partial charge in [0.15, 0.2) is 0 Å². The molecule has 0 spiro atoms. The third kappa shape index (κ3) is 5.23. The number of para-hydroxylation sites is 2. The molecular formula is C14H16Cl2N2S. The molecule has 2 aromatic carbocycles. The molecule has 5 heteroatoms. The molecule has 0 amide bonds. The van der Waals surface area contributed by atoms with Crippen molar-refractivity contribution in [2.75, 3.05) is 17.7 Å². The van der Waals surface area contributed by atoms with Gasteiger partial charge in [-0.25, -0.2) is 0 Å². The molecule has 0 aliphatic rings. The zero-order chi connectivity index (χ0) is 14.3. The lowest BCUT2D eigenvalue weighted by molar-refractivity contribution is 1.42. The predicted molar refractivity (Wildman–Crippen MR) is 88.9 cm³/mol. The smallest absolute Gasteiger partial charge is 0.0638 e. The van der Waals surface area contributed by atoms with Crippen LogP contribution in [0.4, 0.5) is 11.4 Å². The van der Waals surface area contributed by atoms with Gasteiger partial charge in [-0.2, -0.15) is 11.8 Å². The van der Waals surface area contributed by atoms with Crippen molar-refractivity contribution in [3.05, 3.63) is 58.1 Å². The summed E-state index contributed by atoms with van der Waals surface area (Å²) in [5.41, 5.74) is 13.6. The highest BCUT2D eigenvalue weighted by Crippen LogP contribution is 2.24. The maximum atomic E-state index is 5.82. The first-order chi connectivity index (χ1) is 9.06. The van der Waals surface area contributed by atoms with E-state index in [1.165, 1.54) is 0 Å². The van der Waals surface area contributed by atoms with Crippen LogP contribution < -0.4 is 11.5 Å². The molecule has 0 fully saturated rings. The largest absolute Gasteiger partial charge is 0.398 e. The van der Waals surface area contributed by atoms with Crippen molar-refractivity contribution in [2.24, 2.45) is 0 Å². The Morgan fingerprint density at radius 1 is 0.947 bits per heavy atom. The Morgan fingerprint density at radius 2 is 1.58 bits per heavy atom. The Balaban J connectivity index is 0.000000200. The lowest BCUT2D eigenvalue weighted by Gasteiger charge is -2.04. The number of thioether (sulfide) groups is 1. The van der Waals surface area contributed by atoms with E-state index in [1.807, 2.05) is 30.5 Å². The Bertz CT molecular complexity index is 512. The SMILES string of the molecule is CSCc1cccc(Cl)c1N.Nc1ccccc1Cl. The van der Waals surface area contributed by atoms with Gasteiger partial charge in [-0.05, 0) is 30.0 Å². The fourth-order valence-corrected chi connectivity index (χ4v) is 2.23. The summed E-state index contributed by atoms with van der Waals surface area (Å²) in [5, 5.41) is 1.27. The van der Waals surface area contributed by atoms with Crippen molar-refractivity contribution < 1.29 is 0 Å². The molecule has 102 valence electrons. The summed E-state index contributed by atoms with van der Waals surface area (Å²) < 4.78 is 0. The first-order valence-corrected chi connectivity index (χ1v) is 7.73. The van der Waals surface area contributed by atoms with Crippen LogP contribution in [0.2, 0.25) is 10.0 Å². The topological polar surface area (TPSA) is 52.0 Å². The number of hydrogen-bond donors (Lipinski definition) is 2. The van der Waals surface area contributed by atoms with E-state index in [0.29, 0.717) is 21.4 Å². The summed E-state index contributed by atoms with van der Waals surface area (Å²) in [6, 6.07) is 12.9. The first-order valence-electron chi connectivity index (χ1n) is 5.58. The molecule has 0 aliphatic heterocycles. The molecule has 0 atom stereocenters. The minimum atomic E-state index is 0.618. The summed E-state index contributed by atoms with van der Waals surface area (Å²) in [4.78, 5) is 0. The highest BCUT2D eigenvalue weighted by Gasteiger charge is 2.00. The highest BCUT2D eigenvalue weighted by atomic mass is 35.5. The maximum Gasteiger partial charge on any atom is 0.0638 e. The van der Waals surface area contributed by atoms with E-state index in [1.54, 1.807) is 30.0 Å². The first kappa shape index (κ1) is 16.0. The third-order valence-electron chi connectivity index (χ3n) is 2.35. The summed E-state index contributed by atoms with van der Waals surface area (Å²) in [6.45, 7) is 0. The summed E-state index contributed by atoms with van der Waals surface area (Å²) in [6.07, 6.45) is 2.04. The van der Waals surface area contributed by atoms with Crippen LogP contribution in [0, 0.1) is 0 Å². The van der Waals surface area contributed by atoms with Gasteiger partial charge >= 0.3 is 0 Å². The summed E-state index contributed by atoms with van der Waals surface area (Å²) in [7, 11) is 0.